The summed E-state index contributed by atoms with van der Waals surface area (Å²) in [7, 11) is 0. The van der Waals surface area contributed by atoms with Gasteiger partial charge in [-0.15, -0.1) is 11.8 Å². The number of amides is 1. The summed E-state index contributed by atoms with van der Waals surface area (Å²) in [6.45, 7) is 1.79. The van der Waals surface area contributed by atoms with Gasteiger partial charge in [-0.25, -0.2) is 0 Å². The largest absolute Gasteiger partial charge is 0.395 e. The highest BCUT2D eigenvalue weighted by Crippen LogP contribution is 2.24. The Bertz CT molecular complexity index is 424. The molecular weight excluding hydrogens is 284 g/mol. The van der Waals surface area contributed by atoms with Gasteiger partial charge in [0.15, 0.2) is 0 Å². The lowest BCUT2D eigenvalue weighted by molar-refractivity contribution is -0.123. The predicted molar refractivity (Wildman–Crippen MR) is 86.5 cm³/mol. The van der Waals surface area contributed by atoms with Gasteiger partial charge >= 0.3 is 0 Å². The zero-order valence-electron chi connectivity index (χ0n) is 12.3. The molecule has 0 atom stereocenters. The molecule has 2 rings (SSSR count). The molecule has 21 heavy (non-hydrogen) atoms. The molecule has 116 valence electrons. The van der Waals surface area contributed by atoms with Gasteiger partial charge in [-0.1, -0.05) is 24.6 Å². The summed E-state index contributed by atoms with van der Waals surface area (Å²) in [6, 6.07) is 10.7. The Hall–Kier alpha value is -1.04. The number of carbonyl (C=O) groups excluding carboxylic acids is 1. The monoisotopic (exact) mass is 308 g/mol. The highest BCUT2D eigenvalue weighted by Gasteiger charge is 2.25. The van der Waals surface area contributed by atoms with Gasteiger partial charge in [0.2, 0.25) is 5.91 Å². The van der Waals surface area contributed by atoms with Crippen molar-refractivity contribution in [2.24, 2.45) is 0 Å². The van der Waals surface area contributed by atoms with Crippen LogP contribution in [0, 0.1) is 0 Å². The molecule has 1 amide bonds. The van der Waals surface area contributed by atoms with E-state index in [0.717, 1.165) is 18.6 Å². The second-order valence-electron chi connectivity index (χ2n) is 5.29. The summed E-state index contributed by atoms with van der Waals surface area (Å²) < 4.78 is 0. The summed E-state index contributed by atoms with van der Waals surface area (Å²) in [4.78, 5) is 15.3. The lowest BCUT2D eigenvalue weighted by Gasteiger charge is -2.36. The van der Waals surface area contributed by atoms with Gasteiger partial charge in [-0.05, 0) is 25.0 Å². The van der Waals surface area contributed by atoms with Crippen molar-refractivity contribution in [2.45, 2.75) is 30.2 Å². The Morgan fingerprint density at radius 3 is 2.71 bits per heavy atom. The molecule has 1 aromatic rings. The van der Waals surface area contributed by atoms with E-state index in [0.29, 0.717) is 25.7 Å². The van der Waals surface area contributed by atoms with Crippen LogP contribution in [0.2, 0.25) is 0 Å². The van der Waals surface area contributed by atoms with Crippen LogP contribution < -0.4 is 5.32 Å². The molecule has 5 heteroatoms. The van der Waals surface area contributed by atoms with Crippen molar-refractivity contribution in [3.8, 4) is 0 Å². The number of thioether (sulfide) groups is 1. The van der Waals surface area contributed by atoms with Crippen LogP contribution in [-0.4, -0.2) is 53.9 Å². The quantitative estimate of drug-likeness (QED) is 0.539. The first-order chi connectivity index (χ1) is 10.3. The number of carbonyl (C=O) groups is 1. The zero-order valence-corrected chi connectivity index (χ0v) is 13.1. The molecule has 1 saturated carbocycles. The van der Waals surface area contributed by atoms with E-state index in [4.69, 9.17) is 5.11 Å². The zero-order chi connectivity index (χ0) is 14.9. The van der Waals surface area contributed by atoms with Crippen molar-refractivity contribution in [2.75, 3.05) is 32.0 Å². The number of hydrogen-bond acceptors (Lipinski definition) is 4. The topological polar surface area (TPSA) is 52.6 Å². The second kappa shape index (κ2) is 9.07. The van der Waals surface area contributed by atoms with Gasteiger partial charge < -0.3 is 10.4 Å². The number of nitrogens with zero attached hydrogens (tertiary/aromatic N) is 1. The minimum absolute atomic E-state index is 0.0593. The first kappa shape index (κ1) is 16.3. The average Bonchev–Trinajstić information content (AvgIpc) is 2.43. The van der Waals surface area contributed by atoms with Crippen LogP contribution in [0.4, 0.5) is 0 Å². The van der Waals surface area contributed by atoms with Crippen LogP contribution in [0.25, 0.3) is 0 Å². The molecule has 0 heterocycles. The standard InChI is InChI=1S/C16H24N2O2S/c19-11-10-18(14-5-4-6-14)13-16(20)17-9-12-21-15-7-2-1-3-8-15/h1-3,7-8,14,19H,4-6,9-13H2,(H,17,20). The van der Waals surface area contributed by atoms with Gasteiger partial charge in [-0.3, -0.25) is 9.69 Å². The SMILES string of the molecule is O=C(CN(CCO)C1CCC1)NCCSc1ccccc1. The average molecular weight is 308 g/mol. The number of benzene rings is 1. The lowest BCUT2D eigenvalue weighted by Crippen LogP contribution is -2.47. The van der Waals surface area contributed by atoms with Crippen molar-refractivity contribution < 1.29 is 9.90 Å². The molecule has 1 aliphatic carbocycles. The smallest absolute Gasteiger partial charge is 0.234 e. The highest BCUT2D eigenvalue weighted by atomic mass is 32.2. The number of nitrogens with one attached hydrogen (secondary N) is 1. The predicted octanol–water partition coefficient (Wildman–Crippen LogP) is 1.74. The molecule has 0 spiro atoms. The molecule has 0 saturated heterocycles. The molecule has 4 nitrogen and oxygen atoms in total. The van der Waals surface area contributed by atoms with E-state index in [-0.39, 0.29) is 12.5 Å². The van der Waals surface area contributed by atoms with Crippen molar-refractivity contribution in [3.05, 3.63) is 30.3 Å². The fraction of sp³-hybridized carbons (Fsp3) is 0.562. The summed E-state index contributed by atoms with van der Waals surface area (Å²) in [5, 5.41) is 12.0. The summed E-state index contributed by atoms with van der Waals surface area (Å²) in [5.41, 5.74) is 0. The van der Waals surface area contributed by atoms with E-state index in [1.165, 1.54) is 11.3 Å². The van der Waals surface area contributed by atoms with Gasteiger partial charge in [0.1, 0.15) is 0 Å². The minimum atomic E-state index is 0.0593. The maximum atomic E-state index is 11.9. The van der Waals surface area contributed by atoms with Gasteiger partial charge in [0.05, 0.1) is 13.2 Å². The molecule has 0 aliphatic heterocycles. The molecule has 0 aromatic heterocycles. The van der Waals surface area contributed by atoms with E-state index in [1.807, 2.05) is 18.2 Å². The molecule has 1 aliphatic rings. The van der Waals surface area contributed by atoms with Crippen molar-refractivity contribution >= 4 is 17.7 Å². The van der Waals surface area contributed by atoms with Gasteiger partial charge in [0.25, 0.3) is 0 Å². The van der Waals surface area contributed by atoms with Crippen molar-refractivity contribution in [1.29, 1.82) is 0 Å². The number of hydrogen-bond donors (Lipinski definition) is 2. The third-order valence-electron chi connectivity index (χ3n) is 3.76. The molecule has 0 radical (unpaired) electrons. The van der Waals surface area contributed by atoms with Crippen molar-refractivity contribution in [3.63, 3.8) is 0 Å². The van der Waals surface area contributed by atoms with E-state index in [2.05, 4.69) is 22.3 Å². The number of aliphatic hydroxyl groups is 1. The van der Waals surface area contributed by atoms with Gasteiger partial charge in [0, 0.05) is 29.8 Å². The van der Waals surface area contributed by atoms with Crippen LogP contribution in [-0.2, 0) is 4.79 Å². The lowest BCUT2D eigenvalue weighted by atomic mass is 9.91. The summed E-state index contributed by atoms with van der Waals surface area (Å²) >= 11 is 1.75. The molecule has 1 fully saturated rings. The number of rotatable bonds is 9. The molecule has 2 N–H and O–H groups in total. The molecule has 0 bridgehead atoms. The summed E-state index contributed by atoms with van der Waals surface area (Å²) in [5.74, 6) is 0.933. The Morgan fingerprint density at radius 2 is 2.10 bits per heavy atom. The van der Waals surface area contributed by atoms with Crippen molar-refractivity contribution in [1.82, 2.24) is 10.2 Å². The van der Waals surface area contributed by atoms with Crippen LogP contribution >= 0.6 is 11.8 Å². The highest BCUT2D eigenvalue weighted by molar-refractivity contribution is 7.99. The third kappa shape index (κ3) is 5.69. The van der Waals surface area contributed by atoms with E-state index < -0.39 is 0 Å². The van der Waals surface area contributed by atoms with Gasteiger partial charge in [-0.2, -0.15) is 0 Å². The normalized spacial score (nSPS) is 15.0. The van der Waals surface area contributed by atoms with E-state index in [9.17, 15) is 4.79 Å². The Labute approximate surface area is 130 Å². The Balaban J connectivity index is 1.62. The minimum Gasteiger partial charge on any atom is -0.395 e. The summed E-state index contributed by atoms with van der Waals surface area (Å²) in [6.07, 6.45) is 3.54. The fourth-order valence-corrected chi connectivity index (χ4v) is 3.18. The van der Waals surface area contributed by atoms with Crippen LogP contribution in [0.3, 0.4) is 0 Å². The Morgan fingerprint density at radius 1 is 1.33 bits per heavy atom. The first-order valence-electron chi connectivity index (χ1n) is 7.59. The Kier molecular flexibility index (Phi) is 7.06. The maximum absolute atomic E-state index is 11.9. The molecule has 1 aromatic carbocycles. The van der Waals surface area contributed by atoms with Crippen LogP contribution in [0.15, 0.2) is 35.2 Å². The first-order valence-corrected chi connectivity index (χ1v) is 8.57. The van der Waals surface area contributed by atoms with Crippen LogP contribution in [0.1, 0.15) is 19.3 Å². The molecular formula is C16H24N2O2S. The van der Waals surface area contributed by atoms with E-state index in [1.54, 1.807) is 11.8 Å². The maximum Gasteiger partial charge on any atom is 0.234 e. The molecule has 0 unspecified atom stereocenters. The fourth-order valence-electron chi connectivity index (χ4n) is 2.39. The third-order valence-corrected chi connectivity index (χ3v) is 4.77. The number of aliphatic hydroxyl groups excluding tert-OH is 1. The van der Waals surface area contributed by atoms with Crippen LogP contribution in [0.5, 0.6) is 0 Å². The second-order valence-corrected chi connectivity index (χ2v) is 6.46. The van der Waals surface area contributed by atoms with E-state index >= 15 is 0 Å².